The maximum absolute atomic E-state index is 13.1. The molecule has 3 aliphatic rings. The Labute approximate surface area is 182 Å². The van der Waals surface area contributed by atoms with E-state index in [1.54, 1.807) is 4.90 Å². The minimum absolute atomic E-state index is 0.0757. The van der Waals surface area contributed by atoms with Gasteiger partial charge >= 0.3 is 0 Å². The summed E-state index contributed by atoms with van der Waals surface area (Å²) in [6.45, 7) is 1.03. The first-order valence-corrected chi connectivity index (χ1v) is 11.2. The van der Waals surface area contributed by atoms with Gasteiger partial charge in [-0.1, -0.05) is 42.5 Å². The summed E-state index contributed by atoms with van der Waals surface area (Å²) in [6.07, 6.45) is 6.09. The van der Waals surface area contributed by atoms with Crippen LogP contribution in [0.3, 0.4) is 0 Å². The number of hydrogen-bond acceptors (Lipinski definition) is 4. The van der Waals surface area contributed by atoms with Gasteiger partial charge in [-0.05, 0) is 61.3 Å². The summed E-state index contributed by atoms with van der Waals surface area (Å²) >= 11 is 0. The van der Waals surface area contributed by atoms with Gasteiger partial charge in [-0.15, -0.1) is 0 Å². The zero-order valence-electron chi connectivity index (χ0n) is 17.5. The Balaban J connectivity index is 1.59. The van der Waals surface area contributed by atoms with Gasteiger partial charge in [-0.2, -0.15) is 0 Å². The van der Waals surface area contributed by atoms with Gasteiger partial charge in [-0.3, -0.25) is 9.59 Å². The molecular weight excluding hydrogens is 390 g/mol. The first-order valence-electron chi connectivity index (χ1n) is 11.2. The summed E-state index contributed by atoms with van der Waals surface area (Å²) in [5.41, 5.74) is 4.13. The molecule has 5 nitrogen and oxygen atoms in total. The highest BCUT2D eigenvalue weighted by molar-refractivity contribution is 6.46. The molecule has 2 unspecified atom stereocenters. The number of nitrogens with zero attached hydrogens (tertiary/aromatic N) is 1. The molecule has 0 bridgehead atoms. The summed E-state index contributed by atoms with van der Waals surface area (Å²) in [5.74, 6) is -1.28. The molecular formula is C26H27NO4. The third-order valence-electron chi connectivity index (χ3n) is 6.70. The van der Waals surface area contributed by atoms with E-state index in [0.717, 1.165) is 37.7 Å². The number of aliphatic hydroxyl groups excluding tert-OH is 1. The zero-order chi connectivity index (χ0) is 21.4. The largest absolute Gasteiger partial charge is 0.507 e. The molecule has 31 heavy (non-hydrogen) atoms. The quantitative estimate of drug-likeness (QED) is 0.461. The summed E-state index contributed by atoms with van der Waals surface area (Å²) in [5, 5.41) is 11.3. The maximum atomic E-state index is 13.1. The Hall–Kier alpha value is -2.92. The summed E-state index contributed by atoms with van der Waals surface area (Å²) in [4.78, 5) is 27.7. The number of amides is 1. The van der Waals surface area contributed by atoms with Gasteiger partial charge in [0.15, 0.2) is 0 Å². The number of ketones is 1. The Kier molecular flexibility index (Phi) is 5.36. The molecule has 5 heteroatoms. The predicted molar refractivity (Wildman–Crippen MR) is 118 cm³/mol. The lowest BCUT2D eigenvalue weighted by atomic mass is 9.88. The summed E-state index contributed by atoms with van der Waals surface area (Å²) < 4.78 is 5.74. The molecule has 1 amide bonds. The SMILES string of the molecule is O=C1C(=O)N(CC2CCCO2)C(c2ccccc2)/C1=C(/O)c1ccc2c(c1)CCCC2. The second-order valence-electron chi connectivity index (χ2n) is 8.69. The lowest BCUT2D eigenvalue weighted by Gasteiger charge is -2.27. The van der Waals surface area contributed by atoms with E-state index in [2.05, 4.69) is 0 Å². The van der Waals surface area contributed by atoms with Crippen LogP contribution in [0.2, 0.25) is 0 Å². The molecule has 1 aliphatic carbocycles. The average Bonchev–Trinajstić information content (AvgIpc) is 3.41. The highest BCUT2D eigenvalue weighted by Crippen LogP contribution is 2.40. The first-order chi connectivity index (χ1) is 15.1. The van der Waals surface area contributed by atoms with Gasteiger partial charge in [-0.25, -0.2) is 0 Å². The van der Waals surface area contributed by atoms with E-state index >= 15 is 0 Å². The number of ether oxygens (including phenoxy) is 1. The van der Waals surface area contributed by atoms with E-state index in [-0.39, 0.29) is 17.4 Å². The third kappa shape index (κ3) is 3.68. The van der Waals surface area contributed by atoms with Crippen LogP contribution in [0.15, 0.2) is 54.1 Å². The normalized spacial score (nSPS) is 25.1. The minimum Gasteiger partial charge on any atom is -0.507 e. The molecule has 160 valence electrons. The molecule has 2 fully saturated rings. The molecule has 1 N–H and O–H groups in total. The molecule has 0 spiro atoms. The van der Waals surface area contributed by atoms with E-state index < -0.39 is 17.7 Å². The van der Waals surface area contributed by atoms with Crippen molar-refractivity contribution in [3.63, 3.8) is 0 Å². The van der Waals surface area contributed by atoms with Crippen molar-refractivity contribution in [1.29, 1.82) is 0 Å². The van der Waals surface area contributed by atoms with E-state index in [4.69, 9.17) is 4.74 Å². The lowest BCUT2D eigenvalue weighted by molar-refractivity contribution is -0.140. The Morgan fingerprint density at radius 1 is 1.00 bits per heavy atom. The number of benzene rings is 2. The number of fused-ring (bicyclic) bond motifs is 1. The van der Waals surface area contributed by atoms with Crippen LogP contribution in [0.1, 0.15) is 54.0 Å². The fourth-order valence-electron chi connectivity index (χ4n) is 5.09. The third-order valence-corrected chi connectivity index (χ3v) is 6.70. The van der Waals surface area contributed by atoms with Crippen molar-refractivity contribution in [2.24, 2.45) is 0 Å². The highest BCUT2D eigenvalue weighted by atomic mass is 16.5. The van der Waals surface area contributed by atoms with E-state index in [9.17, 15) is 14.7 Å². The van der Waals surface area contributed by atoms with Crippen LogP contribution in [0.25, 0.3) is 5.76 Å². The number of aliphatic hydroxyl groups is 1. The molecule has 5 rings (SSSR count). The molecule has 2 aromatic rings. The number of likely N-dealkylation sites (tertiary alicyclic amines) is 1. The monoisotopic (exact) mass is 417 g/mol. The van der Waals surface area contributed by atoms with Crippen LogP contribution in [-0.2, 0) is 27.2 Å². The van der Waals surface area contributed by atoms with Crippen LogP contribution < -0.4 is 0 Å². The molecule has 0 radical (unpaired) electrons. The minimum atomic E-state index is -0.623. The number of carbonyl (C=O) groups excluding carboxylic acids is 2. The Bertz CT molecular complexity index is 1040. The van der Waals surface area contributed by atoms with Gasteiger partial charge in [0.2, 0.25) is 0 Å². The highest BCUT2D eigenvalue weighted by Gasteiger charge is 2.47. The van der Waals surface area contributed by atoms with Gasteiger partial charge in [0.05, 0.1) is 17.7 Å². The van der Waals surface area contributed by atoms with Gasteiger partial charge < -0.3 is 14.7 Å². The van der Waals surface area contributed by atoms with Crippen LogP contribution in [0.5, 0.6) is 0 Å². The van der Waals surface area contributed by atoms with Crippen molar-refractivity contribution in [3.05, 3.63) is 76.4 Å². The van der Waals surface area contributed by atoms with Crippen LogP contribution in [0, 0.1) is 0 Å². The van der Waals surface area contributed by atoms with Crippen molar-refractivity contribution >= 4 is 17.4 Å². The molecule has 2 aromatic carbocycles. The van der Waals surface area contributed by atoms with Crippen LogP contribution in [0.4, 0.5) is 0 Å². The molecule has 2 heterocycles. The zero-order valence-corrected chi connectivity index (χ0v) is 17.5. The van der Waals surface area contributed by atoms with Crippen molar-refractivity contribution in [3.8, 4) is 0 Å². The molecule has 0 saturated carbocycles. The predicted octanol–water partition coefficient (Wildman–Crippen LogP) is 4.17. The molecule has 2 atom stereocenters. The summed E-state index contributed by atoms with van der Waals surface area (Å²) in [6, 6.07) is 14.8. The standard InChI is InChI=1S/C26H27NO4/c28-24(20-13-12-17-7-4-5-10-19(17)15-20)22-23(18-8-2-1-3-9-18)27(26(30)25(22)29)16-21-11-6-14-31-21/h1-3,8-9,12-13,15,21,23,28H,4-7,10-11,14,16H2/b24-22-. The lowest BCUT2D eigenvalue weighted by Crippen LogP contribution is -2.36. The smallest absolute Gasteiger partial charge is 0.295 e. The van der Waals surface area contributed by atoms with Crippen LogP contribution in [-0.4, -0.2) is 41.0 Å². The number of Topliss-reactive ketones (excluding diaryl/α,β-unsaturated/α-hetero) is 1. The molecule has 2 saturated heterocycles. The molecule has 0 aromatic heterocycles. The second kappa shape index (κ2) is 8.31. The maximum Gasteiger partial charge on any atom is 0.295 e. The topological polar surface area (TPSA) is 66.8 Å². The first kappa shape index (κ1) is 20.0. The number of carbonyl (C=O) groups is 2. The number of rotatable bonds is 4. The van der Waals surface area contributed by atoms with E-state index in [1.807, 2.05) is 48.5 Å². The van der Waals surface area contributed by atoms with Gasteiger partial charge in [0, 0.05) is 18.7 Å². The van der Waals surface area contributed by atoms with Crippen molar-refractivity contribution in [2.45, 2.75) is 50.7 Å². The second-order valence-corrected chi connectivity index (χ2v) is 8.69. The van der Waals surface area contributed by atoms with Gasteiger partial charge in [0.1, 0.15) is 5.76 Å². The molecule has 2 aliphatic heterocycles. The number of hydrogen-bond donors (Lipinski definition) is 1. The fourth-order valence-corrected chi connectivity index (χ4v) is 5.09. The van der Waals surface area contributed by atoms with E-state index in [0.29, 0.717) is 18.7 Å². The average molecular weight is 418 g/mol. The van der Waals surface area contributed by atoms with Crippen molar-refractivity contribution in [1.82, 2.24) is 4.90 Å². The Morgan fingerprint density at radius 3 is 2.52 bits per heavy atom. The Morgan fingerprint density at radius 2 is 1.77 bits per heavy atom. The van der Waals surface area contributed by atoms with Crippen LogP contribution >= 0.6 is 0 Å². The van der Waals surface area contributed by atoms with Crippen molar-refractivity contribution < 1.29 is 19.4 Å². The number of aryl methyl sites for hydroxylation is 2. The fraction of sp³-hybridized carbons (Fsp3) is 0.385. The van der Waals surface area contributed by atoms with Crippen molar-refractivity contribution in [2.75, 3.05) is 13.2 Å². The van der Waals surface area contributed by atoms with Gasteiger partial charge in [0.25, 0.3) is 11.7 Å². The van der Waals surface area contributed by atoms with E-state index in [1.165, 1.54) is 17.5 Å². The summed E-state index contributed by atoms with van der Waals surface area (Å²) in [7, 11) is 0.